The van der Waals surface area contributed by atoms with Crippen LogP contribution >= 0.6 is 0 Å². The Hall–Kier alpha value is -2.17. The van der Waals surface area contributed by atoms with Gasteiger partial charge in [-0.25, -0.2) is 0 Å². The van der Waals surface area contributed by atoms with Gasteiger partial charge >= 0.3 is 5.97 Å². The molecule has 1 aliphatic heterocycles. The standard InChI is InChI=1S/C25H32O3Si/c1-25(2,3)29(22-14-8-4-9-15-22,23-16-10-5-11-17-23)28-20-21-13-7-6-12-18-27-24(26)19-21/h4-5,7-11,13-17,21H,6,12,18-20H2,1-3H3/b13-7-. The highest BCUT2D eigenvalue weighted by Crippen LogP contribution is 2.37. The molecule has 0 bridgehead atoms. The first kappa shape index (κ1) is 21.5. The molecule has 3 rings (SSSR count). The molecule has 0 aromatic heterocycles. The average molecular weight is 409 g/mol. The van der Waals surface area contributed by atoms with Crippen molar-refractivity contribution in [1.29, 1.82) is 0 Å². The van der Waals surface area contributed by atoms with Gasteiger partial charge < -0.3 is 9.16 Å². The Morgan fingerprint density at radius 2 is 1.59 bits per heavy atom. The fraction of sp³-hybridized carbons (Fsp3) is 0.400. The van der Waals surface area contributed by atoms with E-state index in [1.54, 1.807) is 0 Å². The highest BCUT2D eigenvalue weighted by molar-refractivity contribution is 6.99. The van der Waals surface area contributed by atoms with E-state index < -0.39 is 8.32 Å². The number of ether oxygens (including phenoxy) is 1. The SMILES string of the molecule is CC(C)(C)[Si](OCC1/C=C\CCCOC(=O)C1)(c1ccccc1)c1ccccc1. The van der Waals surface area contributed by atoms with Crippen LogP contribution in [0.4, 0.5) is 0 Å². The van der Waals surface area contributed by atoms with Crippen molar-refractivity contribution < 1.29 is 14.0 Å². The lowest BCUT2D eigenvalue weighted by atomic mass is 10.1. The molecule has 2 aromatic carbocycles. The third kappa shape index (κ3) is 5.06. The molecule has 3 nitrogen and oxygen atoms in total. The van der Waals surface area contributed by atoms with Gasteiger partial charge in [-0.3, -0.25) is 4.79 Å². The summed E-state index contributed by atoms with van der Waals surface area (Å²) in [5.74, 6) is -0.102. The van der Waals surface area contributed by atoms with Crippen LogP contribution in [0.1, 0.15) is 40.0 Å². The number of rotatable bonds is 5. The summed E-state index contributed by atoms with van der Waals surface area (Å²) in [5, 5.41) is 2.44. The van der Waals surface area contributed by atoms with Crippen LogP contribution in [0.2, 0.25) is 5.04 Å². The van der Waals surface area contributed by atoms with E-state index in [-0.39, 0.29) is 16.9 Å². The molecular weight excluding hydrogens is 376 g/mol. The predicted octanol–water partition coefficient (Wildman–Crippen LogP) is 4.46. The van der Waals surface area contributed by atoms with Crippen LogP contribution in [0, 0.1) is 5.92 Å². The topological polar surface area (TPSA) is 35.5 Å². The highest BCUT2D eigenvalue weighted by atomic mass is 28.4. The molecule has 1 aliphatic rings. The normalized spacial score (nSPS) is 19.6. The van der Waals surface area contributed by atoms with Crippen LogP contribution in [0.3, 0.4) is 0 Å². The summed E-state index contributed by atoms with van der Waals surface area (Å²) in [6, 6.07) is 21.2. The van der Waals surface area contributed by atoms with Crippen molar-refractivity contribution in [3.8, 4) is 0 Å². The molecular formula is C25H32O3Si. The van der Waals surface area contributed by atoms with E-state index in [0.717, 1.165) is 12.8 Å². The second kappa shape index (κ2) is 9.55. The third-order valence-electron chi connectivity index (χ3n) is 5.55. The second-order valence-electron chi connectivity index (χ2n) is 8.73. The molecule has 0 saturated carbocycles. The van der Waals surface area contributed by atoms with Gasteiger partial charge in [-0.1, -0.05) is 93.6 Å². The lowest BCUT2D eigenvalue weighted by Crippen LogP contribution is -2.66. The molecule has 0 radical (unpaired) electrons. The molecule has 0 spiro atoms. The molecule has 0 amide bonds. The average Bonchev–Trinajstić information content (AvgIpc) is 2.81. The first-order chi connectivity index (χ1) is 13.9. The van der Waals surface area contributed by atoms with Gasteiger partial charge in [0.1, 0.15) is 0 Å². The Kier molecular flexibility index (Phi) is 7.09. The van der Waals surface area contributed by atoms with Gasteiger partial charge in [0, 0.05) is 12.5 Å². The molecule has 1 heterocycles. The van der Waals surface area contributed by atoms with E-state index in [4.69, 9.17) is 9.16 Å². The maximum absolute atomic E-state index is 12.2. The Balaban J connectivity index is 1.99. The van der Waals surface area contributed by atoms with Gasteiger partial charge in [0.05, 0.1) is 13.0 Å². The second-order valence-corrected chi connectivity index (χ2v) is 13.0. The molecule has 1 unspecified atom stereocenters. The number of hydrogen-bond acceptors (Lipinski definition) is 3. The number of hydrogen-bond donors (Lipinski definition) is 0. The van der Waals surface area contributed by atoms with Crippen LogP contribution in [-0.4, -0.2) is 27.5 Å². The molecule has 0 aliphatic carbocycles. The van der Waals surface area contributed by atoms with Crippen molar-refractivity contribution in [2.75, 3.05) is 13.2 Å². The van der Waals surface area contributed by atoms with Crippen LogP contribution in [-0.2, 0) is 14.0 Å². The van der Waals surface area contributed by atoms with E-state index in [1.807, 2.05) is 12.1 Å². The molecule has 0 saturated heterocycles. The smallest absolute Gasteiger partial charge is 0.306 e. The third-order valence-corrected chi connectivity index (χ3v) is 10.6. The zero-order valence-electron chi connectivity index (χ0n) is 17.8. The molecule has 0 N–H and O–H groups in total. The zero-order chi connectivity index (χ0) is 20.7. The summed E-state index contributed by atoms with van der Waals surface area (Å²) in [5.41, 5.74) is 0. The van der Waals surface area contributed by atoms with E-state index in [2.05, 4.69) is 81.5 Å². The van der Waals surface area contributed by atoms with Crippen molar-refractivity contribution in [1.82, 2.24) is 0 Å². The minimum atomic E-state index is -2.58. The molecule has 154 valence electrons. The fourth-order valence-corrected chi connectivity index (χ4v) is 8.74. The van der Waals surface area contributed by atoms with Crippen molar-refractivity contribution in [3.05, 3.63) is 72.8 Å². The fourth-order valence-electron chi connectivity index (χ4n) is 4.13. The zero-order valence-corrected chi connectivity index (χ0v) is 18.8. The van der Waals surface area contributed by atoms with Gasteiger partial charge in [0.25, 0.3) is 8.32 Å². The summed E-state index contributed by atoms with van der Waals surface area (Å²) in [6.45, 7) is 7.83. The van der Waals surface area contributed by atoms with Crippen LogP contribution in [0.15, 0.2) is 72.8 Å². The minimum Gasteiger partial charge on any atom is -0.466 e. The molecule has 29 heavy (non-hydrogen) atoms. The summed E-state index contributed by atoms with van der Waals surface area (Å²) in [7, 11) is -2.58. The van der Waals surface area contributed by atoms with Gasteiger partial charge in [-0.2, -0.15) is 0 Å². The summed E-state index contributed by atoms with van der Waals surface area (Å²) >= 11 is 0. The van der Waals surface area contributed by atoms with Gasteiger partial charge in [-0.15, -0.1) is 0 Å². The molecule has 2 aromatic rings. The molecule has 0 fully saturated rings. The number of benzene rings is 2. The van der Waals surface area contributed by atoms with Gasteiger partial charge in [0.2, 0.25) is 0 Å². The Morgan fingerprint density at radius 1 is 1.00 bits per heavy atom. The van der Waals surface area contributed by atoms with Gasteiger partial charge in [0.15, 0.2) is 0 Å². The number of esters is 1. The van der Waals surface area contributed by atoms with Crippen molar-refractivity contribution in [2.45, 2.75) is 45.1 Å². The summed E-state index contributed by atoms with van der Waals surface area (Å²) in [6.07, 6.45) is 6.49. The van der Waals surface area contributed by atoms with Crippen LogP contribution < -0.4 is 10.4 Å². The first-order valence-electron chi connectivity index (χ1n) is 10.5. The maximum Gasteiger partial charge on any atom is 0.306 e. The minimum absolute atomic E-state index is 0.0299. The number of carbonyl (C=O) groups is 1. The van der Waals surface area contributed by atoms with Gasteiger partial charge in [-0.05, 0) is 28.3 Å². The highest BCUT2D eigenvalue weighted by Gasteiger charge is 2.50. The van der Waals surface area contributed by atoms with E-state index in [0.29, 0.717) is 19.6 Å². The number of cyclic esters (lactones) is 1. The molecule has 4 heteroatoms. The Morgan fingerprint density at radius 3 is 2.14 bits per heavy atom. The largest absolute Gasteiger partial charge is 0.466 e. The lowest BCUT2D eigenvalue weighted by molar-refractivity contribution is -0.144. The number of carbonyl (C=O) groups excluding carboxylic acids is 1. The van der Waals surface area contributed by atoms with E-state index >= 15 is 0 Å². The first-order valence-corrected chi connectivity index (χ1v) is 12.4. The van der Waals surface area contributed by atoms with Crippen LogP contribution in [0.25, 0.3) is 0 Å². The van der Waals surface area contributed by atoms with E-state index in [1.165, 1.54) is 10.4 Å². The van der Waals surface area contributed by atoms with E-state index in [9.17, 15) is 4.79 Å². The molecule has 1 atom stereocenters. The van der Waals surface area contributed by atoms with Crippen molar-refractivity contribution >= 4 is 24.7 Å². The monoisotopic (exact) mass is 408 g/mol. The Labute approximate surface area is 175 Å². The Bertz CT molecular complexity index is 769. The quantitative estimate of drug-likeness (QED) is 0.416. The predicted molar refractivity (Wildman–Crippen MR) is 121 cm³/mol. The lowest BCUT2D eigenvalue weighted by Gasteiger charge is -2.43. The van der Waals surface area contributed by atoms with Crippen molar-refractivity contribution in [3.63, 3.8) is 0 Å². The summed E-state index contributed by atoms with van der Waals surface area (Å²) in [4.78, 5) is 12.2. The van der Waals surface area contributed by atoms with Crippen molar-refractivity contribution in [2.24, 2.45) is 5.92 Å². The number of allylic oxidation sites excluding steroid dienone is 1. The summed E-state index contributed by atoms with van der Waals surface area (Å²) < 4.78 is 12.3. The maximum atomic E-state index is 12.2. The van der Waals surface area contributed by atoms with Crippen LogP contribution in [0.5, 0.6) is 0 Å².